The van der Waals surface area contributed by atoms with E-state index >= 15 is 0 Å². The molecule has 0 amide bonds. The van der Waals surface area contributed by atoms with Crippen molar-refractivity contribution in [2.24, 2.45) is 0 Å². The lowest BCUT2D eigenvalue weighted by Gasteiger charge is -2.13. The van der Waals surface area contributed by atoms with Gasteiger partial charge >= 0.3 is 0 Å². The largest absolute Gasteiger partial charge is 0.395 e. The highest BCUT2D eigenvalue weighted by molar-refractivity contribution is 5.84. The number of aromatic nitrogens is 1. The van der Waals surface area contributed by atoms with Crippen LogP contribution in [0.2, 0.25) is 0 Å². The number of nitrogens with one attached hydrogen (secondary N) is 1. The molecule has 1 aromatic heterocycles. The molecule has 0 aliphatic carbocycles. The summed E-state index contributed by atoms with van der Waals surface area (Å²) in [5.41, 5.74) is 2.59. The Hall–Kier alpha value is -1.32. The van der Waals surface area contributed by atoms with E-state index in [9.17, 15) is 5.11 Å². The van der Waals surface area contributed by atoms with E-state index in [2.05, 4.69) is 61.1 Å². The summed E-state index contributed by atoms with van der Waals surface area (Å²) in [7, 11) is 0. The fourth-order valence-electron chi connectivity index (χ4n) is 2.44. The molecule has 19 heavy (non-hydrogen) atoms. The second-order valence-electron chi connectivity index (χ2n) is 5.34. The highest BCUT2D eigenvalue weighted by Gasteiger charge is 2.11. The Kier molecular flexibility index (Phi) is 4.61. The topological polar surface area (TPSA) is 37.2 Å². The molecule has 2 aromatic rings. The summed E-state index contributed by atoms with van der Waals surface area (Å²) < 4.78 is 2.31. The molecular formula is C16H24N2O. The third-order valence-corrected chi connectivity index (χ3v) is 3.67. The minimum absolute atomic E-state index is 0.182. The third kappa shape index (κ3) is 2.99. The summed E-state index contributed by atoms with van der Waals surface area (Å²) in [4.78, 5) is 0. The second-order valence-corrected chi connectivity index (χ2v) is 5.34. The predicted molar refractivity (Wildman–Crippen MR) is 80.3 cm³/mol. The molecule has 0 saturated heterocycles. The van der Waals surface area contributed by atoms with Crippen molar-refractivity contribution >= 4 is 10.9 Å². The third-order valence-electron chi connectivity index (χ3n) is 3.67. The van der Waals surface area contributed by atoms with Crippen LogP contribution in [0.15, 0.2) is 30.5 Å². The van der Waals surface area contributed by atoms with Gasteiger partial charge in [-0.15, -0.1) is 0 Å². The number of benzene rings is 1. The lowest BCUT2D eigenvalue weighted by Crippen LogP contribution is -2.31. The number of hydrogen-bond acceptors (Lipinski definition) is 2. The van der Waals surface area contributed by atoms with Crippen molar-refractivity contribution in [2.75, 3.05) is 6.61 Å². The van der Waals surface area contributed by atoms with Crippen LogP contribution in [0, 0.1) is 0 Å². The molecule has 0 spiro atoms. The number of nitrogens with zero attached hydrogens (tertiary/aromatic N) is 1. The van der Waals surface area contributed by atoms with Gasteiger partial charge in [-0.1, -0.05) is 25.1 Å². The minimum Gasteiger partial charge on any atom is -0.395 e. The van der Waals surface area contributed by atoms with Gasteiger partial charge in [-0.3, -0.25) is 0 Å². The molecule has 2 rings (SSSR count). The number of para-hydroxylation sites is 1. The van der Waals surface area contributed by atoms with Crippen LogP contribution in [-0.2, 0) is 6.54 Å². The summed E-state index contributed by atoms with van der Waals surface area (Å²) in [6.45, 7) is 7.49. The standard InChI is InChI=1S/C16H24N2O/c1-4-14(11-19)17-9-13-10-18(12(2)3)16-8-6-5-7-15(13)16/h5-8,10,12,14,17,19H,4,9,11H2,1-3H3. The average Bonchev–Trinajstić information content (AvgIpc) is 2.79. The van der Waals surface area contributed by atoms with Crippen LogP contribution in [-0.4, -0.2) is 22.3 Å². The van der Waals surface area contributed by atoms with E-state index in [0.717, 1.165) is 13.0 Å². The Bertz CT molecular complexity index is 527. The van der Waals surface area contributed by atoms with E-state index < -0.39 is 0 Å². The van der Waals surface area contributed by atoms with Crippen LogP contribution in [0.25, 0.3) is 10.9 Å². The molecule has 0 radical (unpaired) electrons. The molecule has 0 saturated carbocycles. The summed E-state index contributed by atoms with van der Waals surface area (Å²) in [5.74, 6) is 0. The van der Waals surface area contributed by atoms with Crippen molar-refractivity contribution in [2.45, 2.75) is 45.8 Å². The molecule has 3 nitrogen and oxygen atoms in total. The van der Waals surface area contributed by atoms with E-state index in [1.165, 1.54) is 16.5 Å². The SMILES string of the molecule is CCC(CO)NCc1cn(C(C)C)c2ccccc12. The van der Waals surface area contributed by atoms with Gasteiger partial charge in [-0.05, 0) is 31.9 Å². The zero-order valence-corrected chi connectivity index (χ0v) is 12.1. The molecule has 104 valence electrons. The number of fused-ring (bicyclic) bond motifs is 1. The Morgan fingerprint density at radius 1 is 1.26 bits per heavy atom. The fraction of sp³-hybridized carbons (Fsp3) is 0.500. The first-order valence-corrected chi connectivity index (χ1v) is 7.10. The predicted octanol–water partition coefficient (Wildman–Crippen LogP) is 3.08. The normalized spacial score (nSPS) is 13.3. The molecule has 0 fully saturated rings. The summed E-state index contributed by atoms with van der Waals surface area (Å²) in [6, 6.07) is 9.15. The minimum atomic E-state index is 0.182. The molecule has 3 heteroatoms. The Morgan fingerprint density at radius 3 is 2.63 bits per heavy atom. The van der Waals surface area contributed by atoms with Crippen molar-refractivity contribution in [3.8, 4) is 0 Å². The van der Waals surface area contributed by atoms with Crippen molar-refractivity contribution in [3.05, 3.63) is 36.0 Å². The lowest BCUT2D eigenvalue weighted by atomic mass is 10.1. The summed E-state index contributed by atoms with van der Waals surface area (Å²) in [6.07, 6.45) is 3.17. The van der Waals surface area contributed by atoms with E-state index in [1.807, 2.05) is 0 Å². The Labute approximate surface area is 115 Å². The smallest absolute Gasteiger partial charge is 0.0584 e. The lowest BCUT2D eigenvalue weighted by molar-refractivity contribution is 0.238. The molecular weight excluding hydrogens is 236 g/mol. The first-order valence-electron chi connectivity index (χ1n) is 7.10. The maximum absolute atomic E-state index is 9.24. The van der Waals surface area contributed by atoms with Crippen LogP contribution in [0.3, 0.4) is 0 Å². The van der Waals surface area contributed by atoms with Gasteiger partial charge in [-0.25, -0.2) is 0 Å². The van der Waals surface area contributed by atoms with Gasteiger partial charge in [0.1, 0.15) is 0 Å². The van der Waals surface area contributed by atoms with Crippen molar-refractivity contribution in [1.29, 1.82) is 0 Å². The van der Waals surface area contributed by atoms with Gasteiger partial charge in [-0.2, -0.15) is 0 Å². The molecule has 2 N–H and O–H groups in total. The van der Waals surface area contributed by atoms with Gasteiger partial charge in [0, 0.05) is 35.7 Å². The van der Waals surface area contributed by atoms with Gasteiger partial charge < -0.3 is 15.0 Å². The van der Waals surface area contributed by atoms with E-state index in [4.69, 9.17) is 0 Å². The van der Waals surface area contributed by atoms with E-state index in [1.54, 1.807) is 0 Å². The van der Waals surface area contributed by atoms with E-state index in [-0.39, 0.29) is 12.6 Å². The fourth-order valence-corrected chi connectivity index (χ4v) is 2.44. The number of rotatable bonds is 6. The Balaban J connectivity index is 2.28. The monoisotopic (exact) mass is 260 g/mol. The summed E-state index contributed by atoms with van der Waals surface area (Å²) >= 11 is 0. The highest BCUT2D eigenvalue weighted by atomic mass is 16.3. The van der Waals surface area contributed by atoms with Crippen LogP contribution >= 0.6 is 0 Å². The van der Waals surface area contributed by atoms with Gasteiger partial charge in [0.15, 0.2) is 0 Å². The average molecular weight is 260 g/mol. The maximum Gasteiger partial charge on any atom is 0.0584 e. The van der Waals surface area contributed by atoms with Crippen LogP contribution < -0.4 is 5.32 Å². The van der Waals surface area contributed by atoms with Gasteiger partial charge in [0.2, 0.25) is 0 Å². The molecule has 1 unspecified atom stereocenters. The summed E-state index contributed by atoms with van der Waals surface area (Å²) in [5, 5.41) is 14.0. The van der Waals surface area contributed by atoms with Crippen molar-refractivity contribution in [3.63, 3.8) is 0 Å². The molecule has 1 heterocycles. The zero-order valence-electron chi connectivity index (χ0n) is 12.1. The number of hydrogen-bond donors (Lipinski definition) is 2. The van der Waals surface area contributed by atoms with Crippen LogP contribution in [0.4, 0.5) is 0 Å². The number of aliphatic hydroxyl groups is 1. The maximum atomic E-state index is 9.24. The first-order chi connectivity index (χ1) is 9.17. The first kappa shape index (κ1) is 14.1. The van der Waals surface area contributed by atoms with Crippen LogP contribution in [0.5, 0.6) is 0 Å². The molecule has 0 aliphatic rings. The Morgan fingerprint density at radius 2 is 2.00 bits per heavy atom. The molecule has 1 aromatic carbocycles. The van der Waals surface area contributed by atoms with Gasteiger partial charge in [0.05, 0.1) is 6.61 Å². The van der Waals surface area contributed by atoms with Gasteiger partial charge in [0.25, 0.3) is 0 Å². The highest BCUT2D eigenvalue weighted by Crippen LogP contribution is 2.24. The van der Waals surface area contributed by atoms with Crippen LogP contribution in [0.1, 0.15) is 38.8 Å². The molecule has 0 bridgehead atoms. The second kappa shape index (κ2) is 6.22. The molecule has 1 atom stereocenters. The quantitative estimate of drug-likeness (QED) is 0.837. The van der Waals surface area contributed by atoms with E-state index in [0.29, 0.717) is 6.04 Å². The molecule has 0 aliphatic heterocycles. The zero-order chi connectivity index (χ0) is 13.8. The van der Waals surface area contributed by atoms with Crippen molar-refractivity contribution in [1.82, 2.24) is 9.88 Å². The van der Waals surface area contributed by atoms with Crippen molar-refractivity contribution < 1.29 is 5.11 Å². The number of aliphatic hydroxyl groups excluding tert-OH is 1.